The lowest BCUT2D eigenvalue weighted by molar-refractivity contribution is 0.547. The summed E-state index contributed by atoms with van der Waals surface area (Å²) in [5, 5.41) is 7.15. The number of H-pyrrole nitrogens is 2. The highest BCUT2D eigenvalue weighted by Crippen LogP contribution is 2.30. The van der Waals surface area contributed by atoms with Gasteiger partial charge in [0.05, 0.1) is 36.1 Å². The molecule has 3 aromatic rings. The van der Waals surface area contributed by atoms with Crippen LogP contribution in [0.3, 0.4) is 0 Å². The predicted molar refractivity (Wildman–Crippen MR) is 90.7 cm³/mol. The average Bonchev–Trinajstić information content (AvgIpc) is 3.30. The van der Waals surface area contributed by atoms with E-state index in [1.54, 1.807) is 12.7 Å². The summed E-state index contributed by atoms with van der Waals surface area (Å²) in [5.41, 5.74) is 7.25. The van der Waals surface area contributed by atoms with Crippen LogP contribution in [0.4, 0.5) is 0 Å². The maximum absolute atomic E-state index is 4.51. The molecule has 6 heteroatoms. The normalized spacial score (nSPS) is 22.8. The summed E-state index contributed by atoms with van der Waals surface area (Å²) in [6, 6.07) is 9.18. The molecule has 0 radical (unpaired) electrons. The lowest BCUT2D eigenvalue weighted by Gasteiger charge is -2.25. The first-order chi connectivity index (χ1) is 11.9. The quantitative estimate of drug-likeness (QED) is 0.578. The second-order valence-electron chi connectivity index (χ2n) is 6.47. The van der Waals surface area contributed by atoms with Gasteiger partial charge < -0.3 is 20.6 Å². The Kier molecular flexibility index (Phi) is 3.24. The zero-order chi connectivity index (χ0) is 15.9. The van der Waals surface area contributed by atoms with Crippen molar-refractivity contribution >= 4 is 0 Å². The molecule has 2 atom stereocenters. The van der Waals surface area contributed by atoms with E-state index in [1.807, 2.05) is 0 Å². The molecule has 122 valence electrons. The fourth-order valence-electron chi connectivity index (χ4n) is 3.87. The van der Waals surface area contributed by atoms with E-state index < -0.39 is 0 Å². The molecule has 0 saturated heterocycles. The van der Waals surface area contributed by atoms with Crippen LogP contribution < -0.4 is 10.6 Å². The van der Waals surface area contributed by atoms with Gasteiger partial charge in [-0.1, -0.05) is 24.3 Å². The Morgan fingerprint density at radius 1 is 0.708 bits per heavy atom. The van der Waals surface area contributed by atoms with Crippen molar-refractivity contribution in [3.63, 3.8) is 0 Å². The first-order valence-corrected chi connectivity index (χ1v) is 8.51. The van der Waals surface area contributed by atoms with E-state index in [1.165, 1.54) is 22.5 Å². The van der Waals surface area contributed by atoms with E-state index >= 15 is 0 Å². The van der Waals surface area contributed by atoms with Gasteiger partial charge in [0.25, 0.3) is 0 Å². The summed E-state index contributed by atoms with van der Waals surface area (Å²) in [6.45, 7) is 1.95. The first kappa shape index (κ1) is 13.9. The van der Waals surface area contributed by atoms with E-state index in [-0.39, 0.29) is 12.1 Å². The van der Waals surface area contributed by atoms with Gasteiger partial charge in [-0.2, -0.15) is 0 Å². The molecule has 0 aliphatic carbocycles. The fourth-order valence-corrected chi connectivity index (χ4v) is 3.87. The second-order valence-corrected chi connectivity index (χ2v) is 6.47. The van der Waals surface area contributed by atoms with Crippen LogP contribution in [0.1, 0.15) is 46.0 Å². The monoisotopic (exact) mass is 320 g/mol. The lowest BCUT2D eigenvalue weighted by atomic mass is 9.93. The SMILES string of the molecule is c1nc2c([nH]1)CCN[C@H]2c1ccc([C@@H]2NCCc3[nH]cnc32)cc1. The highest BCUT2D eigenvalue weighted by molar-refractivity contribution is 5.38. The molecular formula is C18H20N6. The molecular weight excluding hydrogens is 300 g/mol. The summed E-state index contributed by atoms with van der Waals surface area (Å²) in [5.74, 6) is 0. The van der Waals surface area contributed by atoms with Crippen LogP contribution in [0.25, 0.3) is 0 Å². The lowest BCUT2D eigenvalue weighted by Crippen LogP contribution is -2.31. The number of imidazole rings is 2. The maximum atomic E-state index is 4.51. The van der Waals surface area contributed by atoms with E-state index in [9.17, 15) is 0 Å². The van der Waals surface area contributed by atoms with Gasteiger partial charge in [0.1, 0.15) is 0 Å². The van der Waals surface area contributed by atoms with E-state index in [0.717, 1.165) is 37.3 Å². The zero-order valence-corrected chi connectivity index (χ0v) is 13.3. The minimum atomic E-state index is 0.175. The number of nitrogens with one attached hydrogen (secondary N) is 4. The predicted octanol–water partition coefficient (Wildman–Crippen LogP) is 1.60. The highest BCUT2D eigenvalue weighted by Gasteiger charge is 2.26. The molecule has 2 aliphatic heterocycles. The summed E-state index contributed by atoms with van der Waals surface area (Å²) in [4.78, 5) is 15.5. The van der Waals surface area contributed by atoms with Crippen LogP contribution in [0, 0.1) is 0 Å². The number of aromatic amines is 2. The summed E-state index contributed by atoms with van der Waals surface area (Å²) < 4.78 is 0. The van der Waals surface area contributed by atoms with Crippen molar-refractivity contribution in [3.05, 3.63) is 70.8 Å². The number of hydrogen-bond donors (Lipinski definition) is 4. The molecule has 0 fully saturated rings. The molecule has 4 N–H and O–H groups in total. The molecule has 0 unspecified atom stereocenters. The van der Waals surface area contributed by atoms with Gasteiger partial charge in [-0.05, 0) is 11.1 Å². The Labute approximate surface area is 140 Å². The molecule has 0 spiro atoms. The van der Waals surface area contributed by atoms with Crippen LogP contribution >= 0.6 is 0 Å². The van der Waals surface area contributed by atoms with Crippen molar-refractivity contribution in [1.29, 1.82) is 0 Å². The number of nitrogens with zero attached hydrogens (tertiary/aromatic N) is 2. The average molecular weight is 320 g/mol. The van der Waals surface area contributed by atoms with Gasteiger partial charge in [0.2, 0.25) is 0 Å². The topological polar surface area (TPSA) is 81.4 Å². The van der Waals surface area contributed by atoms with Crippen molar-refractivity contribution in [2.75, 3.05) is 13.1 Å². The van der Waals surface area contributed by atoms with Crippen LogP contribution in [0.15, 0.2) is 36.9 Å². The largest absolute Gasteiger partial charge is 0.348 e. The van der Waals surface area contributed by atoms with Crippen LogP contribution in [0.2, 0.25) is 0 Å². The first-order valence-electron chi connectivity index (χ1n) is 8.51. The highest BCUT2D eigenvalue weighted by atomic mass is 15.0. The molecule has 24 heavy (non-hydrogen) atoms. The zero-order valence-electron chi connectivity index (χ0n) is 13.3. The third-order valence-corrected chi connectivity index (χ3v) is 5.10. The number of hydrogen-bond acceptors (Lipinski definition) is 4. The van der Waals surface area contributed by atoms with Crippen LogP contribution in [0.5, 0.6) is 0 Å². The minimum Gasteiger partial charge on any atom is -0.348 e. The maximum Gasteiger partial charge on any atom is 0.0926 e. The Bertz CT molecular complexity index is 775. The summed E-state index contributed by atoms with van der Waals surface area (Å²) in [6.07, 6.45) is 5.61. The van der Waals surface area contributed by atoms with Gasteiger partial charge in [-0.25, -0.2) is 9.97 Å². The number of benzene rings is 1. The Morgan fingerprint density at radius 3 is 1.62 bits per heavy atom. The van der Waals surface area contributed by atoms with E-state index in [0.29, 0.717) is 0 Å². The molecule has 0 saturated carbocycles. The van der Waals surface area contributed by atoms with Crippen molar-refractivity contribution in [2.45, 2.75) is 24.9 Å². The van der Waals surface area contributed by atoms with E-state index in [2.05, 4.69) is 54.8 Å². The number of rotatable bonds is 2. The molecule has 1 aromatic carbocycles. The summed E-state index contributed by atoms with van der Waals surface area (Å²) >= 11 is 0. The molecule has 2 aliphatic rings. The van der Waals surface area contributed by atoms with Crippen LogP contribution in [-0.2, 0) is 12.8 Å². The smallest absolute Gasteiger partial charge is 0.0926 e. The van der Waals surface area contributed by atoms with Crippen molar-refractivity contribution in [1.82, 2.24) is 30.6 Å². The molecule has 5 rings (SSSR count). The Balaban J connectivity index is 1.45. The molecule has 6 nitrogen and oxygen atoms in total. The molecule has 4 heterocycles. The molecule has 0 bridgehead atoms. The van der Waals surface area contributed by atoms with E-state index in [4.69, 9.17) is 0 Å². The van der Waals surface area contributed by atoms with Crippen molar-refractivity contribution < 1.29 is 0 Å². The van der Waals surface area contributed by atoms with Crippen LogP contribution in [-0.4, -0.2) is 33.0 Å². The van der Waals surface area contributed by atoms with Gasteiger partial charge in [-0.3, -0.25) is 0 Å². The minimum absolute atomic E-state index is 0.175. The summed E-state index contributed by atoms with van der Waals surface area (Å²) in [7, 11) is 0. The van der Waals surface area contributed by atoms with Gasteiger partial charge in [0.15, 0.2) is 0 Å². The Hall–Kier alpha value is -2.44. The number of aromatic nitrogens is 4. The van der Waals surface area contributed by atoms with Gasteiger partial charge in [0, 0.05) is 37.3 Å². The third kappa shape index (κ3) is 2.18. The Morgan fingerprint density at radius 2 is 1.17 bits per heavy atom. The van der Waals surface area contributed by atoms with Crippen molar-refractivity contribution in [3.8, 4) is 0 Å². The molecule has 0 amide bonds. The third-order valence-electron chi connectivity index (χ3n) is 5.10. The van der Waals surface area contributed by atoms with Gasteiger partial charge in [-0.15, -0.1) is 0 Å². The number of fused-ring (bicyclic) bond motifs is 2. The standard InChI is InChI=1S/C18H20N6/c1-2-12(16-18-14(6-8-20-16)22-10-24-18)4-3-11(1)15-17-13(5-7-19-15)21-9-23-17/h1-4,9-10,15-16,19-20H,5-8H2,(H,21,23)(H,22,24)/t15-,16-/m0/s1. The second kappa shape index (κ2) is 5.58. The van der Waals surface area contributed by atoms with Gasteiger partial charge >= 0.3 is 0 Å². The molecule has 2 aromatic heterocycles. The fraction of sp³-hybridized carbons (Fsp3) is 0.333. The van der Waals surface area contributed by atoms with Crippen molar-refractivity contribution in [2.24, 2.45) is 0 Å².